The van der Waals surface area contributed by atoms with E-state index in [-0.39, 0.29) is 0 Å². The summed E-state index contributed by atoms with van der Waals surface area (Å²) in [6.45, 7) is 12.2. The molecule has 0 aliphatic heterocycles. The van der Waals surface area contributed by atoms with Gasteiger partial charge in [-0.1, -0.05) is 52.0 Å². The van der Waals surface area contributed by atoms with Gasteiger partial charge >= 0.3 is 0 Å². The molecule has 1 unspecified atom stereocenters. The van der Waals surface area contributed by atoms with Crippen LogP contribution in [0.15, 0.2) is 24.3 Å². The number of benzene rings is 1. The molecule has 1 rings (SSSR count). The fourth-order valence-electron chi connectivity index (χ4n) is 1.47. The van der Waals surface area contributed by atoms with Crippen LogP contribution < -0.4 is 5.32 Å². The van der Waals surface area contributed by atoms with Crippen LogP contribution in [0.4, 0.5) is 0 Å². The third-order valence-electron chi connectivity index (χ3n) is 3.34. The maximum Gasteiger partial charge on any atom is 0.0208 e. The highest BCUT2D eigenvalue weighted by atomic mass is 14.9. The molecule has 0 spiro atoms. The lowest BCUT2D eigenvalue weighted by Crippen LogP contribution is -2.37. The predicted molar refractivity (Wildman–Crippen MR) is 71.6 cm³/mol. The Labute approximate surface area is 100 Å². The molecule has 0 radical (unpaired) electrons. The van der Waals surface area contributed by atoms with Crippen LogP contribution in [0.5, 0.6) is 0 Å². The molecule has 0 aliphatic carbocycles. The summed E-state index contributed by atoms with van der Waals surface area (Å²) in [5.41, 5.74) is 3.10. The van der Waals surface area contributed by atoms with Gasteiger partial charge in [0.05, 0.1) is 0 Å². The molecule has 1 N–H and O–H groups in total. The summed E-state index contributed by atoms with van der Waals surface area (Å²) >= 11 is 0. The van der Waals surface area contributed by atoms with E-state index in [0.29, 0.717) is 11.5 Å². The first kappa shape index (κ1) is 13.2. The van der Waals surface area contributed by atoms with Crippen molar-refractivity contribution in [2.45, 2.75) is 53.6 Å². The maximum absolute atomic E-state index is 3.58. The Morgan fingerprint density at radius 3 is 2.00 bits per heavy atom. The van der Waals surface area contributed by atoms with E-state index in [1.165, 1.54) is 11.1 Å². The van der Waals surface area contributed by atoms with Crippen molar-refractivity contribution in [1.82, 2.24) is 5.32 Å². The van der Waals surface area contributed by atoms with Gasteiger partial charge in [0.1, 0.15) is 0 Å². The van der Waals surface area contributed by atoms with Crippen molar-refractivity contribution in [3.63, 3.8) is 0 Å². The van der Waals surface area contributed by atoms with Crippen LogP contribution in [0, 0.1) is 5.41 Å². The van der Waals surface area contributed by atoms with E-state index in [9.17, 15) is 0 Å². The summed E-state index contributed by atoms with van der Waals surface area (Å²) in [5.74, 6) is 0. The first-order chi connectivity index (χ1) is 7.43. The second-order valence-corrected chi connectivity index (χ2v) is 5.64. The molecule has 1 aromatic carbocycles. The SMILES string of the molecule is CCc1ccc(CNC(C)C(C)(C)C)cc1. The van der Waals surface area contributed by atoms with Crippen LogP contribution in [0.1, 0.15) is 45.7 Å². The molecule has 0 fully saturated rings. The third-order valence-corrected chi connectivity index (χ3v) is 3.34. The van der Waals surface area contributed by atoms with Crippen molar-refractivity contribution in [3.05, 3.63) is 35.4 Å². The smallest absolute Gasteiger partial charge is 0.0208 e. The summed E-state index contributed by atoms with van der Waals surface area (Å²) < 4.78 is 0. The van der Waals surface area contributed by atoms with Crippen molar-refractivity contribution < 1.29 is 0 Å². The Bertz CT molecular complexity index is 305. The molecule has 1 nitrogen and oxygen atoms in total. The topological polar surface area (TPSA) is 12.0 Å². The van der Waals surface area contributed by atoms with Gasteiger partial charge in [0.15, 0.2) is 0 Å². The predicted octanol–water partition coefficient (Wildman–Crippen LogP) is 3.77. The minimum Gasteiger partial charge on any atom is -0.310 e. The molecule has 0 saturated heterocycles. The van der Waals surface area contributed by atoms with Gasteiger partial charge in [-0.25, -0.2) is 0 Å². The minimum absolute atomic E-state index is 0.323. The number of nitrogens with one attached hydrogen (secondary N) is 1. The van der Waals surface area contributed by atoms with Crippen LogP contribution in [-0.2, 0) is 13.0 Å². The average molecular weight is 219 g/mol. The number of rotatable bonds is 4. The molecule has 1 atom stereocenters. The van der Waals surface area contributed by atoms with Gasteiger partial charge in [0.25, 0.3) is 0 Å². The highest BCUT2D eigenvalue weighted by Gasteiger charge is 2.18. The van der Waals surface area contributed by atoms with Gasteiger partial charge in [-0.3, -0.25) is 0 Å². The normalized spacial score (nSPS) is 13.8. The third kappa shape index (κ3) is 3.97. The molecule has 0 bridgehead atoms. The van der Waals surface area contributed by atoms with Gasteiger partial charge in [0, 0.05) is 12.6 Å². The van der Waals surface area contributed by atoms with E-state index in [1.54, 1.807) is 0 Å². The summed E-state index contributed by atoms with van der Waals surface area (Å²) in [6.07, 6.45) is 1.12. The Morgan fingerprint density at radius 1 is 1.06 bits per heavy atom. The van der Waals surface area contributed by atoms with Crippen molar-refractivity contribution >= 4 is 0 Å². The molecule has 0 aliphatic rings. The largest absolute Gasteiger partial charge is 0.310 e. The van der Waals surface area contributed by atoms with Gasteiger partial charge in [-0.05, 0) is 29.9 Å². The van der Waals surface area contributed by atoms with Gasteiger partial charge in [-0.15, -0.1) is 0 Å². The van der Waals surface area contributed by atoms with Crippen LogP contribution >= 0.6 is 0 Å². The van der Waals surface area contributed by atoms with Gasteiger partial charge in [-0.2, -0.15) is 0 Å². The van der Waals surface area contributed by atoms with Crippen LogP contribution in [0.2, 0.25) is 0 Å². The van der Waals surface area contributed by atoms with Gasteiger partial charge in [0.2, 0.25) is 0 Å². The summed E-state index contributed by atoms with van der Waals surface area (Å²) in [5, 5.41) is 3.58. The first-order valence-corrected chi connectivity index (χ1v) is 6.24. The zero-order valence-corrected chi connectivity index (χ0v) is 11.3. The zero-order valence-electron chi connectivity index (χ0n) is 11.3. The number of aryl methyl sites for hydroxylation is 1. The average Bonchev–Trinajstić information content (AvgIpc) is 2.25. The molecular weight excluding hydrogens is 194 g/mol. The number of hydrogen-bond acceptors (Lipinski definition) is 1. The molecule has 0 aromatic heterocycles. The molecule has 0 saturated carbocycles. The van der Waals surface area contributed by atoms with E-state index in [0.717, 1.165) is 13.0 Å². The lowest BCUT2D eigenvalue weighted by molar-refractivity contribution is 0.285. The molecular formula is C15H25N. The van der Waals surface area contributed by atoms with Crippen molar-refractivity contribution in [3.8, 4) is 0 Å². The van der Waals surface area contributed by atoms with E-state index in [1.807, 2.05) is 0 Å². The molecule has 0 heterocycles. The lowest BCUT2D eigenvalue weighted by atomic mass is 9.88. The van der Waals surface area contributed by atoms with Crippen molar-refractivity contribution in [1.29, 1.82) is 0 Å². The fourth-order valence-corrected chi connectivity index (χ4v) is 1.47. The number of hydrogen-bond donors (Lipinski definition) is 1. The molecule has 90 valence electrons. The molecule has 1 aromatic rings. The van der Waals surface area contributed by atoms with E-state index in [4.69, 9.17) is 0 Å². The first-order valence-electron chi connectivity index (χ1n) is 6.24. The Kier molecular flexibility index (Phi) is 4.55. The molecule has 16 heavy (non-hydrogen) atoms. The minimum atomic E-state index is 0.323. The zero-order chi connectivity index (χ0) is 12.2. The molecule has 1 heteroatoms. The van der Waals surface area contributed by atoms with E-state index >= 15 is 0 Å². The summed E-state index contributed by atoms with van der Waals surface area (Å²) in [7, 11) is 0. The van der Waals surface area contributed by atoms with E-state index in [2.05, 4.69) is 64.2 Å². The van der Waals surface area contributed by atoms with Crippen LogP contribution in [-0.4, -0.2) is 6.04 Å². The lowest BCUT2D eigenvalue weighted by Gasteiger charge is -2.28. The standard InChI is InChI=1S/C15H25N/c1-6-13-7-9-14(10-8-13)11-16-12(2)15(3,4)5/h7-10,12,16H,6,11H2,1-5H3. The second-order valence-electron chi connectivity index (χ2n) is 5.64. The quantitative estimate of drug-likeness (QED) is 0.812. The fraction of sp³-hybridized carbons (Fsp3) is 0.600. The van der Waals surface area contributed by atoms with Crippen molar-refractivity contribution in [2.75, 3.05) is 0 Å². The van der Waals surface area contributed by atoms with E-state index < -0.39 is 0 Å². The van der Waals surface area contributed by atoms with Crippen LogP contribution in [0.3, 0.4) is 0 Å². The van der Waals surface area contributed by atoms with Crippen LogP contribution in [0.25, 0.3) is 0 Å². The Balaban J connectivity index is 2.48. The summed E-state index contributed by atoms with van der Waals surface area (Å²) in [6, 6.07) is 9.42. The highest BCUT2D eigenvalue weighted by molar-refractivity contribution is 5.22. The Hall–Kier alpha value is -0.820. The monoisotopic (exact) mass is 219 g/mol. The second kappa shape index (κ2) is 5.49. The maximum atomic E-state index is 3.58. The van der Waals surface area contributed by atoms with Crippen molar-refractivity contribution in [2.24, 2.45) is 5.41 Å². The van der Waals surface area contributed by atoms with Gasteiger partial charge < -0.3 is 5.32 Å². The Morgan fingerprint density at radius 2 is 1.56 bits per heavy atom. The highest BCUT2D eigenvalue weighted by Crippen LogP contribution is 2.18. The summed E-state index contributed by atoms with van der Waals surface area (Å²) in [4.78, 5) is 0. The molecule has 0 amide bonds.